The molecule has 7 nitrogen and oxygen atoms in total. The number of nitrogens with zero attached hydrogens (tertiary/aromatic N) is 2. The summed E-state index contributed by atoms with van der Waals surface area (Å²) in [4.78, 5) is 6.53. The van der Waals surface area contributed by atoms with Crippen LogP contribution in [0.25, 0.3) is 0 Å². The molecule has 1 unspecified atom stereocenters. The Balaban J connectivity index is 1.98. The number of hydrogen-bond donors (Lipinski definition) is 1. The molecular weight excluding hydrogens is 390 g/mol. The summed E-state index contributed by atoms with van der Waals surface area (Å²) in [5.41, 5.74) is 1.38. The van der Waals surface area contributed by atoms with Crippen LogP contribution in [0, 0.1) is 0 Å². The zero-order chi connectivity index (χ0) is 21.1. The lowest BCUT2D eigenvalue weighted by Gasteiger charge is -2.34. The van der Waals surface area contributed by atoms with Crippen molar-refractivity contribution in [3.8, 4) is 11.5 Å². The zero-order valence-corrected chi connectivity index (χ0v) is 18.7. The van der Waals surface area contributed by atoms with Crippen LogP contribution in [-0.2, 0) is 10.0 Å². The van der Waals surface area contributed by atoms with E-state index in [-0.39, 0.29) is 6.04 Å². The largest absolute Gasteiger partial charge is 0.491 e. The lowest BCUT2D eigenvalue weighted by molar-refractivity contribution is 0.209. The number of rotatable bonds is 8. The summed E-state index contributed by atoms with van der Waals surface area (Å²) in [6, 6.07) is 3.98. The van der Waals surface area contributed by atoms with Gasteiger partial charge in [-0.25, -0.2) is 8.42 Å². The molecule has 0 spiro atoms. The van der Waals surface area contributed by atoms with E-state index in [9.17, 15) is 8.42 Å². The summed E-state index contributed by atoms with van der Waals surface area (Å²) in [7, 11) is -3.63. The first-order chi connectivity index (χ1) is 13.7. The highest BCUT2D eigenvalue weighted by atomic mass is 32.2. The van der Waals surface area contributed by atoms with Crippen LogP contribution in [0.4, 0.5) is 5.69 Å². The number of nitrogens with one attached hydrogen (secondary N) is 1. The standard InChI is InChI=1S/C21H33N3O4S/c1-5-6-7-13-27-18-9-8-16-17(24-12-11-22-15-24)10-14-28-20(16)19(18)23-29(25,26)21(2,3)4/h8-9,15,17,23H,5-7,10-14H2,1-4H3. The first-order valence-electron chi connectivity index (χ1n) is 10.4. The van der Waals surface area contributed by atoms with Crippen molar-refractivity contribution in [1.82, 2.24) is 4.90 Å². The third-order valence-corrected chi connectivity index (χ3v) is 7.40. The molecule has 0 fully saturated rings. The van der Waals surface area contributed by atoms with Gasteiger partial charge in [0.05, 0.1) is 36.9 Å². The highest BCUT2D eigenvalue weighted by Gasteiger charge is 2.35. The van der Waals surface area contributed by atoms with Crippen molar-refractivity contribution in [1.29, 1.82) is 0 Å². The second kappa shape index (κ2) is 8.81. The van der Waals surface area contributed by atoms with E-state index in [4.69, 9.17) is 9.47 Å². The second-order valence-electron chi connectivity index (χ2n) is 8.54. The van der Waals surface area contributed by atoms with Crippen LogP contribution in [0.2, 0.25) is 0 Å². The van der Waals surface area contributed by atoms with Crippen LogP contribution in [0.5, 0.6) is 11.5 Å². The molecule has 2 aliphatic heterocycles. The molecule has 1 aromatic carbocycles. The Morgan fingerprint density at radius 1 is 1.31 bits per heavy atom. The third kappa shape index (κ3) is 4.79. The molecule has 0 bridgehead atoms. The quantitative estimate of drug-likeness (QED) is 0.640. The van der Waals surface area contributed by atoms with Crippen LogP contribution in [-0.4, -0.2) is 50.7 Å². The van der Waals surface area contributed by atoms with Crippen molar-refractivity contribution in [3.63, 3.8) is 0 Å². The van der Waals surface area contributed by atoms with Crippen LogP contribution in [0.3, 0.4) is 0 Å². The van der Waals surface area contributed by atoms with Crippen molar-refractivity contribution in [2.24, 2.45) is 4.99 Å². The highest BCUT2D eigenvalue weighted by Crippen LogP contribution is 2.46. The van der Waals surface area contributed by atoms with E-state index in [0.29, 0.717) is 30.4 Å². The smallest absolute Gasteiger partial charge is 0.237 e. The van der Waals surface area contributed by atoms with E-state index < -0.39 is 14.8 Å². The maximum Gasteiger partial charge on any atom is 0.237 e. The minimum atomic E-state index is -3.63. The summed E-state index contributed by atoms with van der Waals surface area (Å²) in [6.45, 7) is 9.88. The van der Waals surface area contributed by atoms with E-state index in [0.717, 1.165) is 44.3 Å². The summed E-state index contributed by atoms with van der Waals surface area (Å²) >= 11 is 0. The van der Waals surface area contributed by atoms with E-state index >= 15 is 0 Å². The van der Waals surface area contributed by atoms with Crippen molar-refractivity contribution in [2.45, 2.75) is 64.2 Å². The monoisotopic (exact) mass is 423 g/mol. The first kappa shape index (κ1) is 21.7. The second-order valence-corrected chi connectivity index (χ2v) is 11.0. The predicted octanol–water partition coefficient (Wildman–Crippen LogP) is 3.96. The van der Waals surface area contributed by atoms with Gasteiger partial charge in [0.1, 0.15) is 11.4 Å². The summed E-state index contributed by atoms with van der Waals surface area (Å²) < 4.78 is 39.6. The molecule has 0 radical (unpaired) electrons. The van der Waals surface area contributed by atoms with Crippen LogP contribution >= 0.6 is 0 Å². The summed E-state index contributed by atoms with van der Waals surface area (Å²) in [5, 5.41) is 0. The number of aliphatic imine (C=N–C) groups is 1. The minimum absolute atomic E-state index is 0.122. The molecule has 0 aromatic heterocycles. The molecule has 0 amide bonds. The average Bonchev–Trinajstić information content (AvgIpc) is 3.19. The minimum Gasteiger partial charge on any atom is -0.491 e. The molecule has 3 rings (SSSR count). The maximum atomic E-state index is 12.9. The Morgan fingerprint density at radius 2 is 2.10 bits per heavy atom. The van der Waals surface area contributed by atoms with Gasteiger partial charge in [-0.05, 0) is 39.3 Å². The number of fused-ring (bicyclic) bond motifs is 1. The van der Waals surface area contributed by atoms with Gasteiger partial charge in [0.2, 0.25) is 10.0 Å². The molecule has 29 heavy (non-hydrogen) atoms. The van der Waals surface area contributed by atoms with Gasteiger partial charge < -0.3 is 14.4 Å². The van der Waals surface area contributed by atoms with E-state index in [1.54, 1.807) is 20.8 Å². The highest BCUT2D eigenvalue weighted by molar-refractivity contribution is 7.94. The lowest BCUT2D eigenvalue weighted by Crippen LogP contribution is -2.35. The third-order valence-electron chi connectivity index (χ3n) is 5.31. The number of hydrogen-bond acceptors (Lipinski definition) is 6. The number of anilines is 1. The number of ether oxygens (including phenoxy) is 2. The number of benzene rings is 1. The Labute approximate surface area is 174 Å². The van der Waals surface area contributed by atoms with Crippen molar-refractivity contribution in [3.05, 3.63) is 17.7 Å². The first-order valence-corrected chi connectivity index (χ1v) is 11.9. The number of unbranched alkanes of at least 4 members (excludes halogenated alkanes) is 2. The summed E-state index contributed by atoms with van der Waals surface area (Å²) in [6.07, 6.45) is 5.81. The van der Waals surface area contributed by atoms with Crippen LogP contribution in [0.15, 0.2) is 17.1 Å². The van der Waals surface area contributed by atoms with Crippen molar-refractivity contribution in [2.75, 3.05) is 31.0 Å². The molecule has 2 heterocycles. The lowest BCUT2D eigenvalue weighted by atomic mass is 9.98. The normalized spacial score (nSPS) is 19.0. The van der Waals surface area contributed by atoms with Gasteiger partial charge in [0, 0.05) is 18.5 Å². The van der Waals surface area contributed by atoms with E-state index in [1.165, 1.54) is 0 Å². The van der Waals surface area contributed by atoms with Crippen molar-refractivity contribution < 1.29 is 17.9 Å². The molecule has 0 aliphatic carbocycles. The Morgan fingerprint density at radius 3 is 2.76 bits per heavy atom. The molecule has 0 saturated carbocycles. The van der Waals surface area contributed by atoms with Gasteiger partial charge in [0.25, 0.3) is 0 Å². The van der Waals surface area contributed by atoms with Crippen LogP contribution in [0.1, 0.15) is 65.0 Å². The molecular formula is C21H33N3O4S. The SMILES string of the molecule is CCCCCOc1ccc2c(c1NS(=O)(=O)C(C)(C)C)OCCC2N1C=NCC1. The van der Waals surface area contributed by atoms with Gasteiger partial charge in [-0.1, -0.05) is 19.8 Å². The van der Waals surface area contributed by atoms with Gasteiger partial charge in [-0.15, -0.1) is 0 Å². The molecule has 8 heteroatoms. The molecule has 162 valence electrons. The fourth-order valence-corrected chi connectivity index (χ4v) is 4.21. The Kier molecular flexibility index (Phi) is 6.61. The average molecular weight is 424 g/mol. The molecule has 1 aromatic rings. The summed E-state index contributed by atoms with van der Waals surface area (Å²) in [5.74, 6) is 1.09. The maximum absolute atomic E-state index is 12.9. The Hall–Kier alpha value is -1.96. The van der Waals surface area contributed by atoms with Gasteiger partial charge in [-0.2, -0.15) is 0 Å². The Bertz CT molecular complexity index is 846. The fourth-order valence-electron chi connectivity index (χ4n) is 3.44. The molecule has 1 N–H and O–H groups in total. The fraction of sp³-hybridized carbons (Fsp3) is 0.667. The van der Waals surface area contributed by atoms with Gasteiger partial charge in [-0.3, -0.25) is 9.71 Å². The van der Waals surface area contributed by atoms with Gasteiger partial charge >= 0.3 is 0 Å². The molecule has 0 saturated heterocycles. The predicted molar refractivity (Wildman–Crippen MR) is 117 cm³/mol. The topological polar surface area (TPSA) is 80.2 Å². The molecule has 2 aliphatic rings. The zero-order valence-electron chi connectivity index (χ0n) is 17.9. The number of sulfonamides is 1. The van der Waals surface area contributed by atoms with Crippen molar-refractivity contribution >= 4 is 22.0 Å². The van der Waals surface area contributed by atoms with Crippen LogP contribution < -0.4 is 14.2 Å². The van der Waals surface area contributed by atoms with Gasteiger partial charge in [0.15, 0.2) is 5.75 Å². The molecule has 1 atom stereocenters. The van der Waals surface area contributed by atoms with E-state index in [1.807, 2.05) is 18.5 Å². The van der Waals surface area contributed by atoms with E-state index in [2.05, 4.69) is 21.5 Å².